The van der Waals surface area contributed by atoms with E-state index in [1.807, 2.05) is 6.07 Å². The lowest BCUT2D eigenvalue weighted by atomic mass is 9.77. The van der Waals surface area contributed by atoms with Crippen LogP contribution in [0, 0.1) is 0 Å². The molecule has 0 saturated heterocycles. The second-order valence-electron chi connectivity index (χ2n) is 5.68. The first-order valence-electron chi connectivity index (χ1n) is 7.61. The summed E-state index contributed by atoms with van der Waals surface area (Å²) in [6, 6.07) is 11.9. The molecule has 0 aliphatic heterocycles. The van der Waals surface area contributed by atoms with E-state index >= 15 is 0 Å². The van der Waals surface area contributed by atoms with Crippen LogP contribution in [0.5, 0.6) is 0 Å². The first kappa shape index (κ1) is 13.7. The molecule has 1 aromatic carbocycles. The van der Waals surface area contributed by atoms with Crippen molar-refractivity contribution >= 4 is 5.91 Å². The van der Waals surface area contributed by atoms with E-state index in [2.05, 4.69) is 33.5 Å². The summed E-state index contributed by atoms with van der Waals surface area (Å²) >= 11 is 0. The highest BCUT2D eigenvalue weighted by Crippen LogP contribution is 2.34. The SMILES string of the molecule is O=C(NC[C@@H]1Cc2ccccc21)c1ccnc(-n2ccnc2)c1. The van der Waals surface area contributed by atoms with Gasteiger partial charge in [0.25, 0.3) is 5.91 Å². The summed E-state index contributed by atoms with van der Waals surface area (Å²) < 4.78 is 1.78. The first-order chi connectivity index (χ1) is 11.3. The van der Waals surface area contributed by atoms with Gasteiger partial charge in [-0.05, 0) is 29.7 Å². The smallest absolute Gasteiger partial charge is 0.251 e. The van der Waals surface area contributed by atoms with Crippen molar-refractivity contribution in [1.82, 2.24) is 19.9 Å². The molecule has 5 heteroatoms. The summed E-state index contributed by atoms with van der Waals surface area (Å²) in [4.78, 5) is 20.6. The minimum atomic E-state index is -0.0712. The standard InChI is InChI=1S/C18H16N4O/c23-18(21-11-15-9-13-3-1-2-4-16(13)15)14-5-6-20-17(10-14)22-8-7-19-12-22/h1-8,10,12,15H,9,11H2,(H,21,23)/t15-/m0/s1. The van der Waals surface area contributed by atoms with E-state index in [1.165, 1.54) is 11.1 Å². The number of carbonyl (C=O) groups excluding carboxylic acids is 1. The molecule has 3 aromatic rings. The highest BCUT2D eigenvalue weighted by atomic mass is 16.1. The quantitative estimate of drug-likeness (QED) is 0.805. The van der Waals surface area contributed by atoms with Crippen LogP contribution in [-0.4, -0.2) is 27.0 Å². The van der Waals surface area contributed by atoms with Crippen LogP contribution in [0.2, 0.25) is 0 Å². The van der Waals surface area contributed by atoms with Crippen LogP contribution in [0.4, 0.5) is 0 Å². The van der Waals surface area contributed by atoms with Crippen molar-refractivity contribution in [2.45, 2.75) is 12.3 Å². The van der Waals surface area contributed by atoms with Crippen molar-refractivity contribution in [3.63, 3.8) is 0 Å². The Kier molecular flexibility index (Phi) is 3.38. The van der Waals surface area contributed by atoms with Gasteiger partial charge >= 0.3 is 0 Å². The van der Waals surface area contributed by atoms with E-state index in [4.69, 9.17) is 0 Å². The Hall–Kier alpha value is -2.95. The molecule has 1 aliphatic carbocycles. The predicted octanol–water partition coefficient (Wildman–Crippen LogP) is 2.34. The number of aromatic nitrogens is 3. The van der Waals surface area contributed by atoms with Crippen molar-refractivity contribution in [3.05, 3.63) is 78.0 Å². The molecule has 0 unspecified atom stereocenters. The molecule has 1 atom stereocenters. The second-order valence-corrected chi connectivity index (χ2v) is 5.68. The first-order valence-corrected chi connectivity index (χ1v) is 7.61. The van der Waals surface area contributed by atoms with E-state index < -0.39 is 0 Å². The lowest BCUT2D eigenvalue weighted by molar-refractivity contribution is 0.0950. The number of fused-ring (bicyclic) bond motifs is 1. The number of imidazole rings is 1. The van der Waals surface area contributed by atoms with E-state index in [9.17, 15) is 4.79 Å². The average molecular weight is 304 g/mol. The largest absolute Gasteiger partial charge is 0.351 e. The van der Waals surface area contributed by atoms with E-state index in [1.54, 1.807) is 41.6 Å². The van der Waals surface area contributed by atoms with Crippen LogP contribution in [0.15, 0.2) is 61.3 Å². The fourth-order valence-electron chi connectivity index (χ4n) is 2.96. The van der Waals surface area contributed by atoms with E-state index in [0.29, 0.717) is 23.8 Å². The van der Waals surface area contributed by atoms with Gasteiger partial charge in [0.15, 0.2) is 0 Å². The molecular formula is C18H16N4O. The van der Waals surface area contributed by atoms with Crippen LogP contribution in [0.1, 0.15) is 27.4 Å². The maximum Gasteiger partial charge on any atom is 0.251 e. The third-order valence-electron chi connectivity index (χ3n) is 4.25. The molecule has 2 heterocycles. The maximum atomic E-state index is 12.4. The second kappa shape index (κ2) is 5.68. The molecule has 5 nitrogen and oxygen atoms in total. The third-order valence-corrected chi connectivity index (χ3v) is 4.25. The predicted molar refractivity (Wildman–Crippen MR) is 86.6 cm³/mol. The van der Waals surface area contributed by atoms with E-state index in [0.717, 1.165) is 6.42 Å². The monoisotopic (exact) mass is 304 g/mol. The van der Waals surface area contributed by atoms with Gasteiger partial charge in [-0.15, -0.1) is 0 Å². The molecule has 23 heavy (non-hydrogen) atoms. The van der Waals surface area contributed by atoms with Gasteiger partial charge in [0.2, 0.25) is 0 Å². The van der Waals surface area contributed by atoms with Crippen LogP contribution in [0.25, 0.3) is 5.82 Å². The molecule has 0 saturated carbocycles. The molecule has 1 N–H and O–H groups in total. The van der Waals surface area contributed by atoms with Gasteiger partial charge < -0.3 is 5.32 Å². The number of nitrogens with zero attached hydrogens (tertiary/aromatic N) is 3. The zero-order valence-corrected chi connectivity index (χ0v) is 12.5. The van der Waals surface area contributed by atoms with Crippen molar-refractivity contribution < 1.29 is 4.79 Å². The van der Waals surface area contributed by atoms with Crippen molar-refractivity contribution in [2.24, 2.45) is 0 Å². The average Bonchev–Trinajstić information content (AvgIpc) is 3.10. The molecule has 114 valence electrons. The number of hydrogen-bond acceptors (Lipinski definition) is 3. The Morgan fingerprint density at radius 1 is 1.26 bits per heavy atom. The molecular weight excluding hydrogens is 288 g/mol. The summed E-state index contributed by atoms with van der Waals surface area (Å²) in [6.07, 6.45) is 7.82. The molecule has 4 rings (SSSR count). The van der Waals surface area contributed by atoms with Gasteiger partial charge in [-0.2, -0.15) is 0 Å². The van der Waals surface area contributed by atoms with E-state index in [-0.39, 0.29) is 5.91 Å². The summed E-state index contributed by atoms with van der Waals surface area (Å²) in [5.41, 5.74) is 3.34. The van der Waals surface area contributed by atoms with Gasteiger partial charge in [-0.3, -0.25) is 9.36 Å². The Balaban J connectivity index is 1.43. The minimum absolute atomic E-state index is 0.0712. The highest BCUT2D eigenvalue weighted by molar-refractivity contribution is 5.94. The van der Waals surface area contributed by atoms with Crippen LogP contribution in [0.3, 0.4) is 0 Å². The summed E-state index contributed by atoms with van der Waals surface area (Å²) in [5, 5.41) is 3.02. The lowest BCUT2D eigenvalue weighted by Crippen LogP contribution is -2.33. The number of amides is 1. The summed E-state index contributed by atoms with van der Waals surface area (Å²) in [7, 11) is 0. The Morgan fingerprint density at radius 3 is 3.00 bits per heavy atom. The minimum Gasteiger partial charge on any atom is -0.351 e. The van der Waals surface area contributed by atoms with Crippen molar-refractivity contribution in [1.29, 1.82) is 0 Å². The van der Waals surface area contributed by atoms with Crippen LogP contribution >= 0.6 is 0 Å². The normalized spacial score (nSPS) is 15.6. The maximum absolute atomic E-state index is 12.4. The zero-order valence-electron chi connectivity index (χ0n) is 12.5. The Morgan fingerprint density at radius 2 is 2.17 bits per heavy atom. The van der Waals surface area contributed by atoms with Gasteiger partial charge in [-0.1, -0.05) is 24.3 Å². The van der Waals surface area contributed by atoms with Crippen LogP contribution in [-0.2, 0) is 6.42 Å². The van der Waals surface area contributed by atoms with Crippen molar-refractivity contribution in [3.8, 4) is 5.82 Å². The molecule has 0 radical (unpaired) electrons. The third kappa shape index (κ3) is 2.61. The summed E-state index contributed by atoms with van der Waals surface area (Å²) in [6.45, 7) is 0.665. The Labute approximate surface area is 134 Å². The molecule has 0 spiro atoms. The summed E-state index contributed by atoms with van der Waals surface area (Å²) in [5.74, 6) is 1.03. The Bertz CT molecular complexity index is 842. The molecule has 0 fully saturated rings. The number of benzene rings is 1. The molecule has 0 bridgehead atoms. The topological polar surface area (TPSA) is 59.8 Å². The fourth-order valence-corrected chi connectivity index (χ4v) is 2.96. The van der Waals surface area contributed by atoms with Gasteiger partial charge in [0, 0.05) is 36.6 Å². The number of carbonyl (C=O) groups is 1. The molecule has 1 aliphatic rings. The number of hydrogen-bond donors (Lipinski definition) is 1. The molecule has 1 amide bonds. The zero-order chi connectivity index (χ0) is 15.6. The lowest BCUT2D eigenvalue weighted by Gasteiger charge is -2.30. The van der Waals surface area contributed by atoms with Crippen LogP contribution < -0.4 is 5.32 Å². The highest BCUT2D eigenvalue weighted by Gasteiger charge is 2.25. The number of nitrogens with one attached hydrogen (secondary N) is 1. The number of pyridine rings is 1. The fraction of sp³-hybridized carbons (Fsp3) is 0.167. The van der Waals surface area contributed by atoms with Crippen molar-refractivity contribution in [2.75, 3.05) is 6.54 Å². The molecule has 2 aromatic heterocycles. The van der Waals surface area contributed by atoms with Gasteiger partial charge in [0.05, 0.1) is 0 Å². The van der Waals surface area contributed by atoms with Gasteiger partial charge in [-0.25, -0.2) is 9.97 Å². The van der Waals surface area contributed by atoms with Gasteiger partial charge in [0.1, 0.15) is 12.1 Å². The number of rotatable bonds is 4.